The third-order valence-electron chi connectivity index (χ3n) is 2.89. The molecule has 0 amide bonds. The van der Waals surface area contributed by atoms with Crippen LogP contribution in [0, 0.1) is 5.41 Å². The van der Waals surface area contributed by atoms with Gasteiger partial charge in [-0.05, 0) is 36.8 Å². The topological polar surface area (TPSA) is 37.8 Å². The van der Waals surface area contributed by atoms with E-state index in [9.17, 15) is 0 Å². The van der Waals surface area contributed by atoms with Crippen LogP contribution in [0.3, 0.4) is 0 Å². The van der Waals surface area contributed by atoms with E-state index in [0.717, 1.165) is 5.82 Å². The lowest BCUT2D eigenvalue weighted by molar-refractivity contribution is 0.378. The average Bonchev–Trinajstić information content (AvgIpc) is 2.47. The van der Waals surface area contributed by atoms with Crippen LogP contribution in [0.2, 0.25) is 0 Å². The second-order valence-electron chi connectivity index (χ2n) is 4.86. The highest BCUT2D eigenvalue weighted by atomic mass is 15.2. The summed E-state index contributed by atoms with van der Waals surface area (Å²) in [6.45, 7) is 4.65. The summed E-state index contributed by atoms with van der Waals surface area (Å²) in [5.74, 6) is 0.898. The van der Waals surface area contributed by atoms with Crippen LogP contribution >= 0.6 is 0 Å². The first-order chi connectivity index (χ1) is 6.66. The van der Waals surface area contributed by atoms with E-state index in [1.54, 1.807) is 6.20 Å². The second kappa shape index (κ2) is 3.56. The third-order valence-corrected chi connectivity index (χ3v) is 2.89. The molecule has 0 bridgehead atoms. The maximum Gasteiger partial charge on any atom is 0.148 e. The first-order valence-electron chi connectivity index (χ1n) is 5.20. The molecular formula is C11H17N3. The molecule has 0 aromatic carbocycles. The fourth-order valence-corrected chi connectivity index (χ4v) is 2.15. The highest BCUT2D eigenvalue weighted by Gasteiger charge is 2.30. The molecule has 0 saturated heterocycles. The van der Waals surface area contributed by atoms with Crippen molar-refractivity contribution in [3.63, 3.8) is 0 Å². The second-order valence-corrected chi connectivity index (χ2v) is 4.86. The minimum atomic E-state index is 0.486. The van der Waals surface area contributed by atoms with Crippen molar-refractivity contribution in [3.8, 4) is 0 Å². The van der Waals surface area contributed by atoms with Crippen molar-refractivity contribution in [3.05, 3.63) is 18.3 Å². The van der Waals surface area contributed by atoms with Crippen molar-refractivity contribution in [2.45, 2.75) is 39.2 Å². The first kappa shape index (κ1) is 9.44. The summed E-state index contributed by atoms with van der Waals surface area (Å²) in [6, 6.07) is 4.45. The van der Waals surface area contributed by atoms with Crippen LogP contribution in [0.25, 0.3) is 0 Å². The standard InChI is InChI=1S/C11H17N3/c1-11(2)6-5-9(8-11)13-10-4-3-7-12-14-10/h3-4,7,9H,5-6,8H2,1-2H3,(H,13,14). The molecule has 1 aromatic heterocycles. The molecule has 0 radical (unpaired) electrons. The van der Waals surface area contributed by atoms with Crippen LogP contribution in [0.4, 0.5) is 5.82 Å². The van der Waals surface area contributed by atoms with Crippen LogP contribution in [0.5, 0.6) is 0 Å². The Labute approximate surface area is 84.9 Å². The molecule has 1 atom stereocenters. The van der Waals surface area contributed by atoms with Gasteiger partial charge < -0.3 is 5.32 Å². The third kappa shape index (κ3) is 2.22. The summed E-state index contributed by atoms with van der Waals surface area (Å²) in [7, 11) is 0. The predicted molar refractivity (Wildman–Crippen MR) is 57.1 cm³/mol. The molecule has 0 spiro atoms. The lowest BCUT2D eigenvalue weighted by Crippen LogP contribution is -2.18. The smallest absolute Gasteiger partial charge is 0.148 e. The van der Waals surface area contributed by atoms with Crippen molar-refractivity contribution in [1.82, 2.24) is 10.2 Å². The first-order valence-corrected chi connectivity index (χ1v) is 5.20. The van der Waals surface area contributed by atoms with Gasteiger partial charge in [0.1, 0.15) is 5.82 Å². The maximum atomic E-state index is 4.03. The number of anilines is 1. The van der Waals surface area contributed by atoms with Gasteiger partial charge in [-0.2, -0.15) is 5.10 Å². The molecule has 1 N–H and O–H groups in total. The Balaban J connectivity index is 1.94. The minimum absolute atomic E-state index is 0.486. The molecule has 1 aliphatic rings. The van der Waals surface area contributed by atoms with Crippen LogP contribution < -0.4 is 5.32 Å². The Hall–Kier alpha value is -1.12. The van der Waals surface area contributed by atoms with Gasteiger partial charge in [-0.1, -0.05) is 13.8 Å². The molecule has 3 heteroatoms. The number of aromatic nitrogens is 2. The fourth-order valence-electron chi connectivity index (χ4n) is 2.15. The average molecular weight is 191 g/mol. The van der Waals surface area contributed by atoms with E-state index in [2.05, 4.69) is 29.4 Å². The lowest BCUT2D eigenvalue weighted by Gasteiger charge is -2.17. The molecule has 1 heterocycles. The molecule has 1 aliphatic carbocycles. The van der Waals surface area contributed by atoms with Gasteiger partial charge in [-0.25, -0.2) is 0 Å². The van der Waals surface area contributed by atoms with Gasteiger partial charge in [0.05, 0.1) is 0 Å². The Bertz CT molecular complexity index is 295. The molecule has 3 nitrogen and oxygen atoms in total. The highest BCUT2D eigenvalue weighted by molar-refractivity contribution is 5.33. The van der Waals surface area contributed by atoms with E-state index >= 15 is 0 Å². The van der Waals surface area contributed by atoms with Crippen LogP contribution in [0.15, 0.2) is 18.3 Å². The van der Waals surface area contributed by atoms with Crippen molar-refractivity contribution in [2.75, 3.05) is 5.32 Å². The van der Waals surface area contributed by atoms with E-state index in [4.69, 9.17) is 0 Å². The Morgan fingerprint density at radius 2 is 2.36 bits per heavy atom. The van der Waals surface area contributed by atoms with E-state index in [-0.39, 0.29) is 0 Å². The number of hydrogen-bond donors (Lipinski definition) is 1. The Morgan fingerprint density at radius 3 is 2.93 bits per heavy atom. The van der Waals surface area contributed by atoms with Gasteiger partial charge in [0.2, 0.25) is 0 Å². The summed E-state index contributed by atoms with van der Waals surface area (Å²) < 4.78 is 0. The van der Waals surface area contributed by atoms with Gasteiger partial charge in [0, 0.05) is 12.2 Å². The van der Waals surface area contributed by atoms with E-state index in [1.165, 1.54) is 19.3 Å². The molecule has 1 fully saturated rings. The van der Waals surface area contributed by atoms with Gasteiger partial charge in [-0.15, -0.1) is 5.10 Å². The van der Waals surface area contributed by atoms with Crippen LogP contribution in [-0.2, 0) is 0 Å². The molecule has 1 saturated carbocycles. The van der Waals surface area contributed by atoms with Gasteiger partial charge in [0.15, 0.2) is 0 Å². The highest BCUT2D eigenvalue weighted by Crippen LogP contribution is 2.37. The maximum absolute atomic E-state index is 4.03. The minimum Gasteiger partial charge on any atom is -0.366 e. The molecular weight excluding hydrogens is 174 g/mol. The van der Waals surface area contributed by atoms with Crippen LogP contribution in [0.1, 0.15) is 33.1 Å². The summed E-state index contributed by atoms with van der Waals surface area (Å²) >= 11 is 0. The molecule has 2 rings (SSSR count). The zero-order chi connectivity index (χ0) is 10.0. The van der Waals surface area contributed by atoms with Gasteiger partial charge in [0.25, 0.3) is 0 Å². The van der Waals surface area contributed by atoms with Gasteiger partial charge >= 0.3 is 0 Å². The zero-order valence-corrected chi connectivity index (χ0v) is 8.83. The predicted octanol–water partition coefficient (Wildman–Crippen LogP) is 2.47. The number of hydrogen-bond acceptors (Lipinski definition) is 3. The van der Waals surface area contributed by atoms with Crippen LogP contribution in [-0.4, -0.2) is 16.2 Å². The van der Waals surface area contributed by atoms with Crippen molar-refractivity contribution in [2.24, 2.45) is 5.41 Å². The number of rotatable bonds is 2. The molecule has 0 aliphatic heterocycles. The molecule has 14 heavy (non-hydrogen) atoms. The summed E-state index contributed by atoms with van der Waals surface area (Å²) in [4.78, 5) is 0. The Kier molecular flexibility index (Phi) is 2.40. The zero-order valence-electron chi connectivity index (χ0n) is 8.83. The lowest BCUT2D eigenvalue weighted by atomic mass is 9.92. The van der Waals surface area contributed by atoms with Crippen molar-refractivity contribution in [1.29, 1.82) is 0 Å². The number of nitrogens with one attached hydrogen (secondary N) is 1. The molecule has 76 valence electrons. The number of nitrogens with zero attached hydrogens (tertiary/aromatic N) is 2. The van der Waals surface area contributed by atoms with Crippen molar-refractivity contribution >= 4 is 5.82 Å². The summed E-state index contributed by atoms with van der Waals surface area (Å²) in [6.07, 6.45) is 5.46. The largest absolute Gasteiger partial charge is 0.366 e. The monoisotopic (exact) mass is 191 g/mol. The fraction of sp³-hybridized carbons (Fsp3) is 0.636. The Morgan fingerprint density at radius 1 is 1.50 bits per heavy atom. The summed E-state index contributed by atoms with van der Waals surface area (Å²) in [5.41, 5.74) is 0.486. The van der Waals surface area contributed by atoms with E-state index in [1.807, 2.05) is 12.1 Å². The van der Waals surface area contributed by atoms with Gasteiger partial charge in [-0.3, -0.25) is 0 Å². The normalized spacial score (nSPS) is 24.9. The van der Waals surface area contributed by atoms with E-state index < -0.39 is 0 Å². The quantitative estimate of drug-likeness (QED) is 0.780. The SMILES string of the molecule is CC1(C)CCC(Nc2cccnn2)C1. The molecule has 1 aromatic rings. The summed E-state index contributed by atoms with van der Waals surface area (Å²) in [5, 5.41) is 11.3. The molecule has 1 unspecified atom stereocenters. The van der Waals surface area contributed by atoms with E-state index in [0.29, 0.717) is 11.5 Å². The van der Waals surface area contributed by atoms with Crippen molar-refractivity contribution < 1.29 is 0 Å².